The molecular weight excluding hydrogens is 204 g/mol. The van der Waals surface area contributed by atoms with Crippen LogP contribution in [0.15, 0.2) is 17.7 Å². The second kappa shape index (κ2) is 2.74. The summed E-state index contributed by atoms with van der Waals surface area (Å²) in [6, 6.07) is 0. The third-order valence-electron chi connectivity index (χ3n) is 1.76. The van der Waals surface area contributed by atoms with Gasteiger partial charge in [-0.2, -0.15) is 4.98 Å². The van der Waals surface area contributed by atoms with E-state index in [2.05, 4.69) is 15.0 Å². The summed E-state index contributed by atoms with van der Waals surface area (Å²) in [6.07, 6.45) is 4.04. The van der Waals surface area contributed by atoms with Gasteiger partial charge in [-0.15, -0.1) is 0 Å². The number of fused-ring (bicyclic) bond motifs is 1. The van der Waals surface area contributed by atoms with Crippen molar-refractivity contribution in [2.75, 3.05) is 6.26 Å². The second-order valence-corrected chi connectivity index (χ2v) is 4.90. The molecule has 0 saturated heterocycles. The SMILES string of the molecule is Cn1cnc2cnc(S(C)(=O)=O)nc21. The molecule has 0 aliphatic rings. The van der Waals surface area contributed by atoms with Gasteiger partial charge in [0.05, 0.1) is 12.5 Å². The first-order valence-corrected chi connectivity index (χ1v) is 5.72. The van der Waals surface area contributed by atoms with E-state index >= 15 is 0 Å². The molecule has 2 aromatic heterocycles. The Morgan fingerprint density at radius 3 is 2.71 bits per heavy atom. The molecule has 0 aliphatic heterocycles. The minimum absolute atomic E-state index is 0.173. The van der Waals surface area contributed by atoms with Crippen molar-refractivity contribution < 1.29 is 8.42 Å². The fourth-order valence-corrected chi connectivity index (χ4v) is 1.58. The number of sulfone groups is 1. The Labute approximate surface area is 80.5 Å². The summed E-state index contributed by atoms with van der Waals surface area (Å²) in [7, 11) is -1.61. The molecule has 7 heteroatoms. The smallest absolute Gasteiger partial charge is 0.248 e. The number of imidazole rings is 1. The van der Waals surface area contributed by atoms with Gasteiger partial charge >= 0.3 is 0 Å². The molecule has 0 N–H and O–H groups in total. The van der Waals surface area contributed by atoms with E-state index in [1.54, 1.807) is 17.9 Å². The normalized spacial score (nSPS) is 12.1. The fraction of sp³-hybridized carbons (Fsp3) is 0.286. The van der Waals surface area contributed by atoms with E-state index in [9.17, 15) is 8.42 Å². The number of hydrogen-bond donors (Lipinski definition) is 0. The molecule has 0 radical (unpaired) electrons. The summed E-state index contributed by atoms with van der Waals surface area (Å²) in [5, 5.41) is -0.173. The molecule has 0 saturated carbocycles. The Morgan fingerprint density at radius 1 is 1.36 bits per heavy atom. The van der Waals surface area contributed by atoms with E-state index in [0.29, 0.717) is 11.2 Å². The van der Waals surface area contributed by atoms with Crippen LogP contribution in [0, 0.1) is 0 Å². The number of hydrogen-bond acceptors (Lipinski definition) is 5. The van der Waals surface area contributed by atoms with Gasteiger partial charge in [0.15, 0.2) is 5.65 Å². The molecule has 6 nitrogen and oxygen atoms in total. The number of aryl methyl sites for hydroxylation is 1. The summed E-state index contributed by atoms with van der Waals surface area (Å²) >= 11 is 0. The molecular formula is C7H8N4O2S. The zero-order valence-corrected chi connectivity index (χ0v) is 8.48. The molecule has 0 bridgehead atoms. The first kappa shape index (κ1) is 9.07. The third kappa shape index (κ3) is 1.35. The van der Waals surface area contributed by atoms with Crippen LogP contribution in [0.3, 0.4) is 0 Å². The molecule has 74 valence electrons. The quantitative estimate of drug-likeness (QED) is 0.610. The maximum absolute atomic E-state index is 11.2. The zero-order chi connectivity index (χ0) is 10.3. The number of aromatic nitrogens is 4. The summed E-state index contributed by atoms with van der Waals surface area (Å²) in [5.41, 5.74) is 1.10. The lowest BCUT2D eigenvalue weighted by Gasteiger charge is -1.96. The Morgan fingerprint density at radius 2 is 2.07 bits per heavy atom. The van der Waals surface area contributed by atoms with E-state index < -0.39 is 9.84 Å². The maximum atomic E-state index is 11.2. The monoisotopic (exact) mass is 212 g/mol. The van der Waals surface area contributed by atoms with Crippen LogP contribution in [-0.4, -0.2) is 34.2 Å². The van der Waals surface area contributed by atoms with Gasteiger partial charge in [-0.3, -0.25) is 0 Å². The molecule has 2 heterocycles. The lowest BCUT2D eigenvalue weighted by Crippen LogP contribution is -2.04. The van der Waals surface area contributed by atoms with Crippen molar-refractivity contribution in [3.63, 3.8) is 0 Å². The van der Waals surface area contributed by atoms with E-state index in [4.69, 9.17) is 0 Å². The first-order valence-electron chi connectivity index (χ1n) is 3.82. The highest BCUT2D eigenvalue weighted by atomic mass is 32.2. The van der Waals surface area contributed by atoms with Gasteiger partial charge in [-0.05, 0) is 0 Å². The zero-order valence-electron chi connectivity index (χ0n) is 7.67. The van der Waals surface area contributed by atoms with Crippen molar-refractivity contribution in [2.24, 2.45) is 7.05 Å². The van der Waals surface area contributed by atoms with E-state index in [1.807, 2.05) is 0 Å². The molecule has 0 amide bonds. The highest BCUT2D eigenvalue weighted by molar-refractivity contribution is 7.90. The van der Waals surface area contributed by atoms with Crippen LogP contribution in [-0.2, 0) is 16.9 Å². The summed E-state index contributed by atoms with van der Waals surface area (Å²) in [5.74, 6) is 0. The van der Waals surface area contributed by atoms with Crippen LogP contribution in [0.2, 0.25) is 0 Å². The van der Waals surface area contributed by atoms with E-state index in [1.165, 1.54) is 6.20 Å². The standard InChI is InChI=1S/C7H8N4O2S/c1-11-4-9-5-3-8-7(10-6(5)11)14(2,12)13/h3-4H,1-2H3. The topological polar surface area (TPSA) is 77.7 Å². The van der Waals surface area contributed by atoms with Crippen molar-refractivity contribution >= 4 is 21.0 Å². The molecule has 0 aromatic carbocycles. The molecule has 14 heavy (non-hydrogen) atoms. The van der Waals surface area contributed by atoms with Gasteiger partial charge in [-0.1, -0.05) is 0 Å². The van der Waals surface area contributed by atoms with Crippen molar-refractivity contribution in [1.29, 1.82) is 0 Å². The lowest BCUT2D eigenvalue weighted by atomic mass is 10.6. The van der Waals surface area contributed by atoms with Gasteiger partial charge in [0.1, 0.15) is 5.52 Å². The van der Waals surface area contributed by atoms with Gasteiger partial charge in [0.25, 0.3) is 0 Å². The van der Waals surface area contributed by atoms with Crippen LogP contribution >= 0.6 is 0 Å². The van der Waals surface area contributed by atoms with Gasteiger partial charge < -0.3 is 4.57 Å². The highest BCUT2D eigenvalue weighted by Crippen LogP contribution is 2.09. The fourth-order valence-electron chi connectivity index (χ4n) is 1.08. The molecule has 2 rings (SSSR count). The van der Waals surface area contributed by atoms with Crippen LogP contribution in [0.1, 0.15) is 0 Å². The minimum atomic E-state index is -3.35. The Hall–Kier alpha value is -1.50. The highest BCUT2D eigenvalue weighted by Gasteiger charge is 2.12. The van der Waals surface area contributed by atoms with Crippen LogP contribution < -0.4 is 0 Å². The summed E-state index contributed by atoms with van der Waals surface area (Å²) < 4.78 is 24.0. The van der Waals surface area contributed by atoms with Gasteiger partial charge in [0.2, 0.25) is 15.0 Å². The predicted molar refractivity (Wildman–Crippen MR) is 49.4 cm³/mol. The summed E-state index contributed by atoms with van der Waals surface area (Å²) in [4.78, 5) is 11.6. The van der Waals surface area contributed by atoms with Crippen molar-refractivity contribution in [1.82, 2.24) is 19.5 Å². The second-order valence-electron chi connectivity index (χ2n) is 2.99. The van der Waals surface area contributed by atoms with E-state index in [0.717, 1.165) is 6.26 Å². The molecule has 2 aromatic rings. The van der Waals surface area contributed by atoms with Crippen LogP contribution in [0.5, 0.6) is 0 Å². The predicted octanol–water partition coefficient (Wildman–Crippen LogP) is -0.233. The third-order valence-corrected chi connectivity index (χ3v) is 2.62. The van der Waals surface area contributed by atoms with E-state index in [-0.39, 0.29) is 5.16 Å². The van der Waals surface area contributed by atoms with Crippen LogP contribution in [0.25, 0.3) is 11.2 Å². The molecule has 0 aliphatic carbocycles. The van der Waals surface area contributed by atoms with Gasteiger partial charge in [-0.25, -0.2) is 18.4 Å². The average Bonchev–Trinajstić information content (AvgIpc) is 2.46. The Bertz CT molecular complexity index is 587. The molecule has 0 unspecified atom stereocenters. The van der Waals surface area contributed by atoms with Crippen LogP contribution in [0.4, 0.5) is 0 Å². The minimum Gasteiger partial charge on any atom is -0.318 e. The van der Waals surface area contributed by atoms with Crippen molar-refractivity contribution in [3.8, 4) is 0 Å². The Kier molecular flexibility index (Phi) is 1.78. The molecule has 0 atom stereocenters. The molecule has 0 spiro atoms. The number of rotatable bonds is 1. The van der Waals surface area contributed by atoms with Gasteiger partial charge in [0, 0.05) is 13.3 Å². The Balaban J connectivity index is 2.79. The molecule has 0 fully saturated rings. The van der Waals surface area contributed by atoms with Crippen molar-refractivity contribution in [2.45, 2.75) is 5.16 Å². The summed E-state index contributed by atoms with van der Waals surface area (Å²) in [6.45, 7) is 0. The maximum Gasteiger partial charge on any atom is 0.248 e. The largest absolute Gasteiger partial charge is 0.318 e. The first-order chi connectivity index (χ1) is 6.48. The van der Waals surface area contributed by atoms with Crippen molar-refractivity contribution in [3.05, 3.63) is 12.5 Å². The lowest BCUT2D eigenvalue weighted by molar-refractivity contribution is 0.593. The average molecular weight is 212 g/mol. The number of nitrogens with zero attached hydrogens (tertiary/aromatic N) is 4.